The SMILES string of the molecule is CCC(C)C(=O)c1cc(Cl)ccc1Cl. The Hall–Kier alpha value is -0.530. The van der Waals surface area contributed by atoms with Crippen LogP contribution in [0.25, 0.3) is 0 Å². The van der Waals surface area contributed by atoms with Crippen LogP contribution in [-0.2, 0) is 0 Å². The van der Waals surface area contributed by atoms with Crippen LogP contribution in [-0.4, -0.2) is 5.78 Å². The average molecular weight is 231 g/mol. The van der Waals surface area contributed by atoms with Crippen molar-refractivity contribution in [3.8, 4) is 0 Å². The molecule has 0 aliphatic heterocycles. The van der Waals surface area contributed by atoms with E-state index < -0.39 is 0 Å². The molecule has 0 amide bonds. The molecule has 0 fully saturated rings. The molecule has 1 aromatic rings. The molecule has 0 bridgehead atoms. The van der Waals surface area contributed by atoms with Crippen molar-refractivity contribution in [2.45, 2.75) is 20.3 Å². The van der Waals surface area contributed by atoms with Crippen molar-refractivity contribution in [1.82, 2.24) is 0 Å². The molecule has 1 atom stereocenters. The Labute approximate surface area is 94.0 Å². The van der Waals surface area contributed by atoms with Gasteiger partial charge in [0.1, 0.15) is 0 Å². The minimum absolute atomic E-state index is 0.00836. The van der Waals surface area contributed by atoms with Gasteiger partial charge in [-0.2, -0.15) is 0 Å². The highest BCUT2D eigenvalue weighted by Gasteiger charge is 2.16. The highest BCUT2D eigenvalue weighted by Crippen LogP contribution is 2.24. The van der Waals surface area contributed by atoms with Crippen molar-refractivity contribution >= 4 is 29.0 Å². The summed E-state index contributed by atoms with van der Waals surface area (Å²) in [6.07, 6.45) is 0.807. The third-order valence-corrected chi connectivity index (χ3v) is 2.82. The zero-order valence-electron chi connectivity index (χ0n) is 8.18. The van der Waals surface area contributed by atoms with Gasteiger partial charge in [0.05, 0.1) is 5.02 Å². The number of carbonyl (C=O) groups is 1. The lowest BCUT2D eigenvalue weighted by Gasteiger charge is -2.09. The zero-order chi connectivity index (χ0) is 10.7. The van der Waals surface area contributed by atoms with E-state index in [1.54, 1.807) is 18.2 Å². The minimum atomic E-state index is -0.00836. The molecule has 0 N–H and O–H groups in total. The number of hydrogen-bond donors (Lipinski definition) is 0. The minimum Gasteiger partial charge on any atom is -0.294 e. The first-order valence-electron chi connectivity index (χ1n) is 4.55. The van der Waals surface area contributed by atoms with E-state index in [1.807, 2.05) is 13.8 Å². The molecule has 0 saturated heterocycles. The Morgan fingerprint density at radius 1 is 1.43 bits per heavy atom. The Morgan fingerprint density at radius 2 is 2.07 bits per heavy atom. The van der Waals surface area contributed by atoms with Crippen LogP contribution in [0.3, 0.4) is 0 Å². The van der Waals surface area contributed by atoms with Gasteiger partial charge >= 0.3 is 0 Å². The molecular formula is C11H12Cl2O. The normalized spacial score (nSPS) is 12.6. The highest BCUT2D eigenvalue weighted by atomic mass is 35.5. The van der Waals surface area contributed by atoms with Gasteiger partial charge in [-0.25, -0.2) is 0 Å². The van der Waals surface area contributed by atoms with Gasteiger partial charge in [0.2, 0.25) is 0 Å². The smallest absolute Gasteiger partial charge is 0.167 e. The van der Waals surface area contributed by atoms with E-state index >= 15 is 0 Å². The standard InChI is InChI=1S/C11H12Cl2O/c1-3-7(2)11(14)9-6-8(12)4-5-10(9)13/h4-7H,3H2,1-2H3. The van der Waals surface area contributed by atoms with E-state index in [0.717, 1.165) is 6.42 Å². The topological polar surface area (TPSA) is 17.1 Å². The predicted octanol–water partition coefficient (Wildman–Crippen LogP) is 4.22. The van der Waals surface area contributed by atoms with E-state index in [1.165, 1.54) is 0 Å². The number of halogens is 2. The van der Waals surface area contributed by atoms with E-state index in [2.05, 4.69) is 0 Å². The lowest BCUT2D eigenvalue weighted by Crippen LogP contribution is -2.10. The van der Waals surface area contributed by atoms with E-state index in [9.17, 15) is 4.79 Å². The summed E-state index contributed by atoms with van der Waals surface area (Å²) in [6.45, 7) is 3.86. The van der Waals surface area contributed by atoms with Crippen molar-refractivity contribution in [3.05, 3.63) is 33.8 Å². The summed E-state index contributed by atoms with van der Waals surface area (Å²) in [6, 6.07) is 4.95. The Kier molecular flexibility index (Phi) is 3.97. The second kappa shape index (κ2) is 4.81. The number of ketones is 1. The lowest BCUT2D eigenvalue weighted by atomic mass is 9.97. The van der Waals surface area contributed by atoms with Crippen molar-refractivity contribution < 1.29 is 4.79 Å². The van der Waals surface area contributed by atoms with Crippen LogP contribution in [0.15, 0.2) is 18.2 Å². The van der Waals surface area contributed by atoms with Crippen molar-refractivity contribution in [2.24, 2.45) is 5.92 Å². The van der Waals surface area contributed by atoms with Crippen molar-refractivity contribution in [3.63, 3.8) is 0 Å². The quantitative estimate of drug-likeness (QED) is 0.711. The maximum atomic E-state index is 11.8. The fourth-order valence-electron chi connectivity index (χ4n) is 1.14. The summed E-state index contributed by atoms with van der Waals surface area (Å²) in [5.74, 6) is 0.0472. The van der Waals surface area contributed by atoms with Crippen LogP contribution in [0.5, 0.6) is 0 Å². The second-order valence-electron chi connectivity index (χ2n) is 3.30. The summed E-state index contributed by atoms with van der Waals surface area (Å²) in [5, 5.41) is 1.01. The fraction of sp³-hybridized carbons (Fsp3) is 0.364. The molecule has 0 aliphatic rings. The molecule has 0 aromatic heterocycles. The first-order valence-corrected chi connectivity index (χ1v) is 5.31. The van der Waals surface area contributed by atoms with Gasteiger partial charge in [-0.15, -0.1) is 0 Å². The third-order valence-electron chi connectivity index (χ3n) is 2.25. The van der Waals surface area contributed by atoms with E-state index in [-0.39, 0.29) is 11.7 Å². The number of carbonyl (C=O) groups excluding carboxylic acids is 1. The highest BCUT2D eigenvalue weighted by molar-refractivity contribution is 6.35. The number of benzene rings is 1. The van der Waals surface area contributed by atoms with Gasteiger partial charge in [0.25, 0.3) is 0 Å². The molecular weight excluding hydrogens is 219 g/mol. The maximum absolute atomic E-state index is 11.8. The van der Waals surface area contributed by atoms with Crippen LogP contribution in [0.4, 0.5) is 0 Å². The van der Waals surface area contributed by atoms with E-state index in [4.69, 9.17) is 23.2 Å². The Morgan fingerprint density at radius 3 is 2.64 bits per heavy atom. The molecule has 14 heavy (non-hydrogen) atoms. The molecule has 0 aliphatic carbocycles. The molecule has 0 heterocycles. The van der Waals surface area contributed by atoms with Crippen LogP contribution in [0.1, 0.15) is 30.6 Å². The number of rotatable bonds is 3. The van der Waals surface area contributed by atoms with Gasteiger partial charge in [-0.1, -0.05) is 37.0 Å². The first kappa shape index (κ1) is 11.5. The summed E-state index contributed by atoms with van der Waals surface area (Å²) in [7, 11) is 0. The zero-order valence-corrected chi connectivity index (χ0v) is 9.69. The maximum Gasteiger partial charge on any atom is 0.167 e. The third kappa shape index (κ3) is 2.49. The number of Topliss-reactive ketones (excluding diaryl/α,β-unsaturated/α-hetero) is 1. The fourth-order valence-corrected chi connectivity index (χ4v) is 1.52. The largest absolute Gasteiger partial charge is 0.294 e. The summed E-state index contributed by atoms with van der Waals surface area (Å²) < 4.78 is 0. The first-order chi connectivity index (χ1) is 6.56. The molecule has 3 heteroatoms. The molecule has 0 spiro atoms. The molecule has 1 unspecified atom stereocenters. The molecule has 76 valence electrons. The average Bonchev–Trinajstić information content (AvgIpc) is 2.19. The lowest BCUT2D eigenvalue weighted by molar-refractivity contribution is 0.0927. The van der Waals surface area contributed by atoms with Crippen molar-refractivity contribution in [2.75, 3.05) is 0 Å². The predicted molar refractivity (Wildman–Crippen MR) is 60.2 cm³/mol. The van der Waals surface area contributed by atoms with Crippen LogP contribution < -0.4 is 0 Å². The molecule has 1 rings (SSSR count). The monoisotopic (exact) mass is 230 g/mol. The summed E-state index contributed by atoms with van der Waals surface area (Å²) in [4.78, 5) is 11.8. The van der Waals surface area contributed by atoms with Gasteiger partial charge in [0, 0.05) is 16.5 Å². The Bertz CT molecular complexity index is 347. The van der Waals surface area contributed by atoms with E-state index in [0.29, 0.717) is 15.6 Å². The van der Waals surface area contributed by atoms with Gasteiger partial charge in [-0.3, -0.25) is 4.79 Å². The van der Waals surface area contributed by atoms with Crippen LogP contribution in [0.2, 0.25) is 10.0 Å². The summed E-state index contributed by atoms with van der Waals surface area (Å²) in [5.41, 5.74) is 0.522. The molecule has 1 aromatic carbocycles. The number of hydrogen-bond acceptors (Lipinski definition) is 1. The van der Waals surface area contributed by atoms with Gasteiger partial charge < -0.3 is 0 Å². The van der Waals surface area contributed by atoms with Gasteiger partial charge in [-0.05, 0) is 24.6 Å². The molecule has 0 saturated carbocycles. The Balaban J connectivity index is 3.06. The van der Waals surface area contributed by atoms with Crippen molar-refractivity contribution in [1.29, 1.82) is 0 Å². The van der Waals surface area contributed by atoms with Crippen LogP contribution >= 0.6 is 23.2 Å². The van der Waals surface area contributed by atoms with Crippen LogP contribution in [0, 0.1) is 5.92 Å². The molecule has 1 nitrogen and oxygen atoms in total. The summed E-state index contributed by atoms with van der Waals surface area (Å²) >= 11 is 11.7. The van der Waals surface area contributed by atoms with Gasteiger partial charge in [0.15, 0.2) is 5.78 Å². The molecule has 0 radical (unpaired) electrons. The second-order valence-corrected chi connectivity index (χ2v) is 4.14.